The molecule has 1 aliphatic carbocycles. The normalized spacial score (nSPS) is 13.3. The lowest BCUT2D eigenvalue weighted by Crippen LogP contribution is -2.07. The van der Waals surface area contributed by atoms with E-state index in [1.807, 2.05) is 12.1 Å². The predicted molar refractivity (Wildman–Crippen MR) is 128 cm³/mol. The maximum atomic E-state index is 13.4. The zero-order valence-electron chi connectivity index (χ0n) is 17.8. The van der Waals surface area contributed by atoms with Crippen LogP contribution in [0.2, 0.25) is 0 Å². The zero-order valence-corrected chi connectivity index (χ0v) is 17.8. The summed E-state index contributed by atoms with van der Waals surface area (Å²) in [6.07, 6.45) is 5.80. The van der Waals surface area contributed by atoms with Crippen LogP contribution in [0, 0.1) is 17.2 Å². The van der Waals surface area contributed by atoms with Gasteiger partial charge in [-0.2, -0.15) is 5.26 Å². The molecule has 0 aliphatic heterocycles. The van der Waals surface area contributed by atoms with Crippen molar-refractivity contribution < 1.29 is 14.3 Å². The van der Waals surface area contributed by atoms with E-state index in [4.69, 9.17) is 14.4 Å². The van der Waals surface area contributed by atoms with E-state index in [0.717, 1.165) is 12.8 Å². The molecule has 0 radical (unpaired) electrons. The van der Waals surface area contributed by atoms with Gasteiger partial charge in [-0.25, -0.2) is 0 Å². The SMILES string of the molecule is N#Cc1ccc(-c2c(C=Cc3cccc(O)c3OCC3CC3)oc3ccccc3c2=O)cc1. The number of nitrogens with zero attached hydrogens (tertiary/aromatic N) is 1. The molecule has 0 spiro atoms. The molecule has 1 heterocycles. The Balaban J connectivity index is 1.62. The maximum Gasteiger partial charge on any atom is 0.201 e. The first kappa shape index (κ1) is 20.6. The van der Waals surface area contributed by atoms with Crippen molar-refractivity contribution in [3.8, 4) is 28.7 Å². The maximum absolute atomic E-state index is 13.4. The van der Waals surface area contributed by atoms with Crippen LogP contribution in [-0.2, 0) is 0 Å². The fourth-order valence-electron chi connectivity index (χ4n) is 3.74. The van der Waals surface area contributed by atoms with Gasteiger partial charge in [0.05, 0.1) is 29.2 Å². The standard InChI is InChI=1S/C28H21NO4/c29-16-18-10-12-20(13-11-18)26-25(33-24-7-2-1-5-22(24)27(26)31)15-14-21-4-3-6-23(30)28(21)32-17-19-8-9-19/h1-7,10-15,19,30H,8-9,17H2. The van der Waals surface area contributed by atoms with Gasteiger partial charge in [0.2, 0.25) is 5.43 Å². The van der Waals surface area contributed by atoms with Crippen LogP contribution in [0.15, 0.2) is 75.9 Å². The highest BCUT2D eigenvalue weighted by molar-refractivity contribution is 5.87. The van der Waals surface area contributed by atoms with Gasteiger partial charge in [0.25, 0.3) is 0 Å². The fourth-order valence-corrected chi connectivity index (χ4v) is 3.74. The Morgan fingerprint density at radius 2 is 1.82 bits per heavy atom. The average Bonchev–Trinajstić information content (AvgIpc) is 3.67. The van der Waals surface area contributed by atoms with Gasteiger partial charge in [-0.05, 0) is 66.8 Å². The lowest BCUT2D eigenvalue weighted by molar-refractivity contribution is 0.284. The number of aromatic hydroxyl groups is 1. The number of hydrogen-bond donors (Lipinski definition) is 1. The number of para-hydroxylation sites is 2. The number of rotatable bonds is 6. The smallest absolute Gasteiger partial charge is 0.201 e. The number of ether oxygens (including phenoxy) is 1. The van der Waals surface area contributed by atoms with Crippen LogP contribution in [0.1, 0.15) is 29.7 Å². The second kappa shape index (κ2) is 8.68. The number of phenols is 1. The predicted octanol–water partition coefficient (Wildman–Crippen LogP) is 6.00. The molecule has 3 aromatic carbocycles. The van der Waals surface area contributed by atoms with Gasteiger partial charge < -0.3 is 14.3 Å². The van der Waals surface area contributed by atoms with Crippen molar-refractivity contribution in [3.63, 3.8) is 0 Å². The minimum absolute atomic E-state index is 0.0741. The van der Waals surface area contributed by atoms with Gasteiger partial charge in [0, 0.05) is 5.56 Å². The van der Waals surface area contributed by atoms with E-state index in [2.05, 4.69) is 6.07 Å². The molecule has 1 fully saturated rings. The molecule has 33 heavy (non-hydrogen) atoms. The summed E-state index contributed by atoms with van der Waals surface area (Å²) in [5, 5.41) is 19.9. The largest absolute Gasteiger partial charge is 0.504 e. The molecule has 1 N–H and O–H groups in total. The number of hydrogen-bond acceptors (Lipinski definition) is 5. The molecule has 162 valence electrons. The van der Waals surface area contributed by atoms with E-state index in [1.54, 1.807) is 66.7 Å². The van der Waals surface area contributed by atoms with Gasteiger partial charge in [-0.3, -0.25) is 4.79 Å². The number of phenolic OH excluding ortho intramolecular Hbond substituents is 1. The van der Waals surface area contributed by atoms with E-state index < -0.39 is 0 Å². The van der Waals surface area contributed by atoms with Crippen molar-refractivity contribution in [1.82, 2.24) is 0 Å². The highest BCUT2D eigenvalue weighted by Crippen LogP contribution is 2.36. The Hall–Kier alpha value is -4.30. The molecule has 1 aliphatic rings. The van der Waals surface area contributed by atoms with Crippen molar-refractivity contribution in [1.29, 1.82) is 5.26 Å². The summed E-state index contributed by atoms with van der Waals surface area (Å²) in [4.78, 5) is 13.4. The Labute approximate surface area is 190 Å². The van der Waals surface area contributed by atoms with Gasteiger partial charge in [0.15, 0.2) is 11.5 Å². The summed E-state index contributed by atoms with van der Waals surface area (Å²) in [5.74, 6) is 1.43. The topological polar surface area (TPSA) is 83.5 Å². The highest BCUT2D eigenvalue weighted by atomic mass is 16.5. The second-order valence-corrected chi connectivity index (χ2v) is 8.14. The van der Waals surface area contributed by atoms with Gasteiger partial charge >= 0.3 is 0 Å². The Morgan fingerprint density at radius 3 is 2.58 bits per heavy atom. The average molecular weight is 435 g/mol. The van der Waals surface area contributed by atoms with Gasteiger partial charge in [-0.15, -0.1) is 0 Å². The van der Waals surface area contributed by atoms with Crippen molar-refractivity contribution in [3.05, 3.63) is 93.8 Å². The van der Waals surface area contributed by atoms with Crippen molar-refractivity contribution in [2.75, 3.05) is 6.61 Å². The molecule has 0 saturated heterocycles. The summed E-state index contributed by atoms with van der Waals surface area (Å²) in [5.41, 5.74) is 2.61. The molecular formula is C28H21NO4. The molecular weight excluding hydrogens is 414 g/mol. The second-order valence-electron chi connectivity index (χ2n) is 8.14. The lowest BCUT2D eigenvalue weighted by Gasteiger charge is -2.11. The molecule has 5 rings (SSSR count). The first-order chi connectivity index (χ1) is 16.1. The molecule has 5 nitrogen and oxygen atoms in total. The minimum atomic E-state index is -0.151. The number of benzene rings is 3. The third kappa shape index (κ3) is 4.24. The van der Waals surface area contributed by atoms with Crippen LogP contribution >= 0.6 is 0 Å². The monoisotopic (exact) mass is 435 g/mol. The Kier molecular flexibility index (Phi) is 5.42. The third-order valence-electron chi connectivity index (χ3n) is 5.73. The first-order valence-electron chi connectivity index (χ1n) is 10.8. The van der Waals surface area contributed by atoms with E-state index in [9.17, 15) is 9.90 Å². The molecule has 0 unspecified atom stereocenters. The van der Waals surface area contributed by atoms with Crippen LogP contribution in [0.3, 0.4) is 0 Å². The van der Waals surface area contributed by atoms with Crippen LogP contribution in [-0.4, -0.2) is 11.7 Å². The lowest BCUT2D eigenvalue weighted by atomic mass is 10.00. The van der Waals surface area contributed by atoms with Gasteiger partial charge in [0.1, 0.15) is 11.3 Å². The molecule has 1 aromatic heterocycles. The zero-order chi connectivity index (χ0) is 22.8. The van der Waals surface area contributed by atoms with E-state index in [1.165, 1.54) is 0 Å². The third-order valence-corrected chi connectivity index (χ3v) is 5.73. The van der Waals surface area contributed by atoms with Crippen LogP contribution in [0.25, 0.3) is 34.2 Å². The summed E-state index contributed by atoms with van der Waals surface area (Å²) < 4.78 is 12.0. The van der Waals surface area contributed by atoms with Crippen LogP contribution in [0.4, 0.5) is 0 Å². The van der Waals surface area contributed by atoms with Crippen molar-refractivity contribution >= 4 is 23.1 Å². The van der Waals surface area contributed by atoms with Crippen LogP contribution in [0.5, 0.6) is 11.5 Å². The van der Waals surface area contributed by atoms with Crippen molar-refractivity contribution in [2.24, 2.45) is 5.92 Å². The Bertz CT molecular complexity index is 1450. The van der Waals surface area contributed by atoms with E-state index in [-0.39, 0.29) is 11.2 Å². The van der Waals surface area contributed by atoms with Crippen LogP contribution < -0.4 is 10.2 Å². The fraction of sp³-hybridized carbons (Fsp3) is 0.143. The Morgan fingerprint density at radius 1 is 1.03 bits per heavy atom. The van der Waals surface area contributed by atoms with Crippen molar-refractivity contribution in [2.45, 2.75) is 12.8 Å². The molecule has 0 atom stereocenters. The first-order valence-corrected chi connectivity index (χ1v) is 10.8. The summed E-state index contributed by atoms with van der Waals surface area (Å²) in [6, 6.07) is 21.2. The summed E-state index contributed by atoms with van der Waals surface area (Å²) in [7, 11) is 0. The molecule has 0 bridgehead atoms. The van der Waals surface area contributed by atoms with E-state index >= 15 is 0 Å². The summed E-state index contributed by atoms with van der Waals surface area (Å²) >= 11 is 0. The minimum Gasteiger partial charge on any atom is -0.504 e. The van der Waals surface area contributed by atoms with E-state index in [0.29, 0.717) is 57.3 Å². The van der Waals surface area contributed by atoms with Gasteiger partial charge in [-0.1, -0.05) is 36.4 Å². The molecule has 0 amide bonds. The number of nitriles is 1. The number of fused-ring (bicyclic) bond motifs is 1. The summed E-state index contributed by atoms with van der Waals surface area (Å²) in [6.45, 7) is 0.569. The quantitative estimate of drug-likeness (QED) is 0.402. The molecule has 4 aromatic rings. The molecule has 5 heteroatoms. The molecule has 1 saturated carbocycles. The highest BCUT2D eigenvalue weighted by Gasteiger charge is 2.23.